The number of aromatic nitrogens is 2. The molecule has 0 saturated carbocycles. The molecule has 0 bridgehead atoms. The van der Waals surface area contributed by atoms with E-state index in [9.17, 15) is 29.2 Å². The largest absolute Gasteiger partial charge is 0.462 e. The van der Waals surface area contributed by atoms with Gasteiger partial charge in [-0.2, -0.15) is 4.98 Å². The van der Waals surface area contributed by atoms with Crippen LogP contribution in [0, 0.1) is 5.41 Å². The van der Waals surface area contributed by atoms with Gasteiger partial charge in [0.1, 0.15) is 28.9 Å². The standard InChI is InChI=1S/C23H38ClN4O10PS/c1-13(2)37-18(31)14(3)27-39(34,35-9-10-40-20(32)22(4,5)12-29)36-11-15-17(30)23(6,24)19(38-15)28-8-7-16(25)26-21(28)33/h7-8,13-15,17,19,29-30H,9-12H2,1-6H3,(H,27,34)(H2,25,26,33)/t14?,15-,17-,19-,23-,39?/m1/s1. The van der Waals surface area contributed by atoms with Crippen LogP contribution in [0.3, 0.4) is 0 Å². The van der Waals surface area contributed by atoms with Crippen LogP contribution in [0.2, 0.25) is 0 Å². The van der Waals surface area contributed by atoms with Gasteiger partial charge in [0, 0.05) is 11.9 Å². The number of carbonyl (C=O) groups is 2. The number of anilines is 1. The molecule has 0 aliphatic carbocycles. The summed E-state index contributed by atoms with van der Waals surface area (Å²) < 4.78 is 36.7. The first-order valence-electron chi connectivity index (χ1n) is 12.5. The molecule has 6 atom stereocenters. The molecular formula is C23H38ClN4O10PS. The van der Waals surface area contributed by atoms with E-state index in [1.807, 2.05) is 0 Å². The molecule has 1 aromatic rings. The number of ether oxygens (including phenoxy) is 2. The lowest BCUT2D eigenvalue weighted by Crippen LogP contribution is -2.42. The van der Waals surface area contributed by atoms with Crippen LogP contribution in [0.1, 0.15) is 47.8 Å². The maximum Gasteiger partial charge on any atom is 0.406 e. The van der Waals surface area contributed by atoms with E-state index in [0.29, 0.717) is 0 Å². The Balaban J connectivity index is 2.16. The van der Waals surface area contributed by atoms with Crippen molar-refractivity contribution in [2.45, 2.75) is 77.0 Å². The van der Waals surface area contributed by atoms with Crippen LogP contribution in [-0.4, -0.2) is 85.7 Å². The number of halogens is 1. The zero-order valence-corrected chi connectivity index (χ0v) is 25.7. The van der Waals surface area contributed by atoms with Crippen LogP contribution in [-0.2, 0) is 32.7 Å². The monoisotopic (exact) mass is 628 g/mol. The number of rotatable bonds is 14. The van der Waals surface area contributed by atoms with Gasteiger partial charge in [-0.25, -0.2) is 14.4 Å². The highest BCUT2D eigenvalue weighted by Crippen LogP contribution is 2.48. The highest BCUT2D eigenvalue weighted by Gasteiger charge is 2.54. The second-order valence-corrected chi connectivity index (χ2v) is 14.0. The summed E-state index contributed by atoms with van der Waals surface area (Å²) in [5.74, 6) is -0.651. The zero-order valence-electron chi connectivity index (χ0n) is 23.2. The molecule has 1 saturated heterocycles. The highest BCUT2D eigenvalue weighted by molar-refractivity contribution is 8.13. The van der Waals surface area contributed by atoms with Gasteiger partial charge in [-0.3, -0.25) is 23.2 Å². The van der Waals surface area contributed by atoms with E-state index in [1.165, 1.54) is 26.1 Å². The second-order valence-electron chi connectivity index (χ2n) is 10.3. The minimum Gasteiger partial charge on any atom is -0.462 e. The predicted octanol–water partition coefficient (Wildman–Crippen LogP) is 1.43. The molecule has 2 unspecified atom stereocenters. The summed E-state index contributed by atoms with van der Waals surface area (Å²) in [6, 6.07) is 0.248. The maximum absolute atomic E-state index is 13.6. The van der Waals surface area contributed by atoms with Crippen molar-refractivity contribution in [3.8, 4) is 0 Å². The normalized spacial score (nSPS) is 25.5. The van der Waals surface area contributed by atoms with Gasteiger partial charge in [0.2, 0.25) is 0 Å². The van der Waals surface area contributed by atoms with Crippen LogP contribution in [0.15, 0.2) is 17.1 Å². The highest BCUT2D eigenvalue weighted by atomic mass is 35.5. The number of nitrogens with one attached hydrogen (secondary N) is 1. The number of aliphatic hydroxyl groups is 2. The molecule has 0 aromatic carbocycles. The Morgan fingerprint density at radius 1 is 1.38 bits per heavy atom. The topological polar surface area (TPSA) is 202 Å². The fraction of sp³-hybridized carbons (Fsp3) is 0.739. The lowest BCUT2D eigenvalue weighted by atomic mass is 9.97. The predicted molar refractivity (Wildman–Crippen MR) is 149 cm³/mol. The Bertz CT molecular complexity index is 1150. The first-order chi connectivity index (χ1) is 18.4. The summed E-state index contributed by atoms with van der Waals surface area (Å²) in [5, 5.41) is 22.4. The Kier molecular flexibility index (Phi) is 12.2. The SMILES string of the molecule is CC(C)OC(=O)C(C)NP(=O)(OCCSC(=O)C(C)(C)CO)OC[C@H]1O[C@@H](n2ccc(N)nc2=O)[C@](C)(Cl)[C@@H]1O. The number of hydrogen-bond acceptors (Lipinski definition) is 13. The number of nitrogens with two attached hydrogens (primary N) is 1. The average Bonchev–Trinajstić information content (AvgIpc) is 3.08. The maximum atomic E-state index is 13.6. The number of aliphatic hydroxyl groups excluding tert-OH is 2. The molecule has 1 aliphatic rings. The van der Waals surface area contributed by atoms with Gasteiger partial charge in [-0.15, -0.1) is 11.6 Å². The van der Waals surface area contributed by atoms with Crippen molar-refractivity contribution >= 4 is 48.0 Å². The Morgan fingerprint density at radius 3 is 2.60 bits per heavy atom. The second kappa shape index (κ2) is 14.1. The first kappa shape index (κ1) is 34.7. The molecule has 40 heavy (non-hydrogen) atoms. The smallest absolute Gasteiger partial charge is 0.406 e. The average molecular weight is 629 g/mol. The van der Waals surface area contributed by atoms with Crippen molar-refractivity contribution in [2.75, 3.05) is 31.3 Å². The summed E-state index contributed by atoms with van der Waals surface area (Å²) in [7, 11) is -4.27. The molecule has 1 aliphatic heterocycles. The fourth-order valence-electron chi connectivity index (χ4n) is 3.41. The molecule has 5 N–H and O–H groups in total. The molecule has 0 spiro atoms. The van der Waals surface area contributed by atoms with E-state index >= 15 is 0 Å². The van der Waals surface area contributed by atoms with Gasteiger partial charge in [-0.1, -0.05) is 11.8 Å². The molecular weight excluding hydrogens is 591 g/mol. The van der Waals surface area contributed by atoms with E-state index in [1.54, 1.807) is 27.7 Å². The van der Waals surface area contributed by atoms with E-state index in [4.69, 9.17) is 35.9 Å². The first-order valence-corrected chi connectivity index (χ1v) is 15.4. The molecule has 1 aromatic heterocycles. The minimum atomic E-state index is -4.27. The van der Waals surface area contributed by atoms with E-state index < -0.39 is 66.9 Å². The minimum absolute atomic E-state index is 0.00924. The molecule has 228 valence electrons. The van der Waals surface area contributed by atoms with Crippen LogP contribution < -0.4 is 16.5 Å². The third-order valence-electron chi connectivity index (χ3n) is 5.81. The van der Waals surface area contributed by atoms with Crippen molar-refractivity contribution in [3.05, 3.63) is 22.7 Å². The van der Waals surface area contributed by atoms with Crippen LogP contribution >= 0.6 is 31.1 Å². The number of carbonyl (C=O) groups excluding carboxylic acids is 2. The third-order valence-corrected chi connectivity index (χ3v) is 9.12. The lowest BCUT2D eigenvalue weighted by molar-refractivity contribution is -0.149. The van der Waals surface area contributed by atoms with Gasteiger partial charge in [0.05, 0.1) is 31.3 Å². The molecule has 2 heterocycles. The fourth-order valence-corrected chi connectivity index (χ4v) is 6.12. The summed E-state index contributed by atoms with van der Waals surface area (Å²) in [5.41, 5.74) is 3.82. The quantitative estimate of drug-likeness (QED) is 0.0997. The molecule has 14 nitrogen and oxygen atoms in total. The number of nitrogen functional groups attached to an aromatic ring is 1. The number of hydrogen-bond donors (Lipinski definition) is 4. The molecule has 2 rings (SSSR count). The van der Waals surface area contributed by atoms with Crippen LogP contribution in [0.25, 0.3) is 0 Å². The van der Waals surface area contributed by atoms with Gasteiger partial charge in [-0.05, 0) is 47.6 Å². The molecule has 0 radical (unpaired) electrons. The van der Waals surface area contributed by atoms with Gasteiger partial charge in [0.25, 0.3) is 0 Å². The van der Waals surface area contributed by atoms with Gasteiger partial charge < -0.3 is 25.4 Å². The number of thioether (sulfide) groups is 1. The van der Waals surface area contributed by atoms with Crippen molar-refractivity contribution in [1.29, 1.82) is 0 Å². The summed E-state index contributed by atoms with van der Waals surface area (Å²) in [6.45, 7) is 8.23. The number of alkyl halides is 1. The van der Waals surface area contributed by atoms with Crippen molar-refractivity contribution in [1.82, 2.24) is 14.6 Å². The zero-order chi connectivity index (χ0) is 30.5. The molecule has 0 amide bonds. The van der Waals surface area contributed by atoms with Crippen molar-refractivity contribution in [3.63, 3.8) is 0 Å². The van der Waals surface area contributed by atoms with E-state index in [0.717, 1.165) is 16.3 Å². The Labute approximate surface area is 241 Å². The van der Waals surface area contributed by atoms with E-state index in [2.05, 4.69) is 10.1 Å². The van der Waals surface area contributed by atoms with Crippen molar-refractivity contribution < 1.29 is 42.9 Å². The summed E-state index contributed by atoms with van der Waals surface area (Å²) in [6.07, 6.45) is -2.85. The Morgan fingerprint density at radius 2 is 2.02 bits per heavy atom. The lowest BCUT2D eigenvalue weighted by Gasteiger charge is -2.26. The number of esters is 1. The van der Waals surface area contributed by atoms with Crippen LogP contribution in [0.5, 0.6) is 0 Å². The van der Waals surface area contributed by atoms with Crippen molar-refractivity contribution in [2.24, 2.45) is 5.41 Å². The Hall–Kier alpha value is -1.55. The summed E-state index contributed by atoms with van der Waals surface area (Å²) in [4.78, 5) is 39.1. The molecule has 17 heteroatoms. The van der Waals surface area contributed by atoms with Gasteiger partial charge >= 0.3 is 19.4 Å². The van der Waals surface area contributed by atoms with Gasteiger partial charge in [0.15, 0.2) is 11.3 Å². The number of nitrogens with zero attached hydrogens (tertiary/aromatic N) is 2. The van der Waals surface area contributed by atoms with Crippen LogP contribution in [0.4, 0.5) is 5.82 Å². The third kappa shape index (κ3) is 8.97. The van der Waals surface area contributed by atoms with E-state index in [-0.39, 0.29) is 29.9 Å². The molecule has 1 fully saturated rings. The summed E-state index contributed by atoms with van der Waals surface area (Å²) >= 11 is 7.43.